The number of aliphatic imine (C=N–C) groups is 1. The number of benzene rings is 2. The molecule has 5 heteroatoms. The largest absolute Gasteiger partial charge is 0.497 e. The first-order chi connectivity index (χ1) is 13.7. The molecule has 28 heavy (non-hydrogen) atoms. The number of fused-ring (bicyclic) bond motifs is 1. The maximum atomic E-state index is 6.24. The summed E-state index contributed by atoms with van der Waals surface area (Å²) in [6.07, 6.45) is 5.47. The van der Waals surface area contributed by atoms with E-state index in [-0.39, 0.29) is 5.41 Å². The second-order valence-corrected chi connectivity index (χ2v) is 7.78. The monoisotopic (exact) mass is 379 g/mol. The summed E-state index contributed by atoms with van der Waals surface area (Å²) in [5, 5.41) is 3.27. The molecule has 2 aromatic carbocycles. The number of ether oxygens (including phenoxy) is 2. The van der Waals surface area contributed by atoms with Gasteiger partial charge in [-0.1, -0.05) is 18.2 Å². The average Bonchev–Trinajstić information content (AvgIpc) is 3.21. The fraction of sp³-hybridized carbons (Fsp3) is 0.435. The summed E-state index contributed by atoms with van der Waals surface area (Å²) in [6, 6.07) is 14.8. The normalized spacial score (nSPS) is 18.5. The van der Waals surface area contributed by atoms with Crippen LogP contribution in [0.4, 0.5) is 5.69 Å². The van der Waals surface area contributed by atoms with Gasteiger partial charge in [0.25, 0.3) is 0 Å². The smallest absolute Gasteiger partial charge is 0.193 e. The van der Waals surface area contributed by atoms with Gasteiger partial charge < -0.3 is 20.5 Å². The Balaban J connectivity index is 1.49. The van der Waals surface area contributed by atoms with Gasteiger partial charge in [0.2, 0.25) is 0 Å². The average molecular weight is 380 g/mol. The van der Waals surface area contributed by atoms with Gasteiger partial charge in [0.05, 0.1) is 13.7 Å². The Bertz CT molecular complexity index is 839. The summed E-state index contributed by atoms with van der Waals surface area (Å²) < 4.78 is 10.9. The maximum absolute atomic E-state index is 6.24. The zero-order valence-electron chi connectivity index (χ0n) is 16.5. The van der Waals surface area contributed by atoms with Crippen molar-refractivity contribution in [1.82, 2.24) is 0 Å². The lowest BCUT2D eigenvalue weighted by molar-refractivity contribution is 0.0531. The number of guanidine groups is 1. The molecule has 2 aromatic rings. The Morgan fingerprint density at radius 2 is 1.86 bits per heavy atom. The van der Waals surface area contributed by atoms with E-state index in [4.69, 9.17) is 20.2 Å². The Kier molecular flexibility index (Phi) is 5.53. The van der Waals surface area contributed by atoms with Crippen molar-refractivity contribution in [2.45, 2.75) is 37.5 Å². The predicted octanol–water partition coefficient (Wildman–Crippen LogP) is 3.66. The first kappa shape index (κ1) is 18.8. The van der Waals surface area contributed by atoms with E-state index in [1.54, 1.807) is 7.11 Å². The van der Waals surface area contributed by atoms with E-state index in [0.29, 0.717) is 12.5 Å². The highest BCUT2D eigenvalue weighted by molar-refractivity contribution is 5.92. The number of nitrogens with zero attached hydrogens (tertiary/aromatic N) is 1. The van der Waals surface area contributed by atoms with Crippen molar-refractivity contribution in [3.8, 4) is 5.75 Å². The third kappa shape index (κ3) is 3.99. The molecule has 3 N–H and O–H groups in total. The molecule has 0 aromatic heterocycles. The van der Waals surface area contributed by atoms with Gasteiger partial charge in [0.1, 0.15) is 5.75 Å². The summed E-state index contributed by atoms with van der Waals surface area (Å²) in [4.78, 5) is 4.72. The summed E-state index contributed by atoms with van der Waals surface area (Å²) in [6.45, 7) is 2.14. The molecule has 0 spiro atoms. The van der Waals surface area contributed by atoms with E-state index in [1.165, 1.54) is 29.5 Å². The van der Waals surface area contributed by atoms with Gasteiger partial charge in [-0.3, -0.25) is 4.99 Å². The highest BCUT2D eigenvalue weighted by Crippen LogP contribution is 2.36. The van der Waals surface area contributed by atoms with Crippen molar-refractivity contribution >= 4 is 11.6 Å². The van der Waals surface area contributed by atoms with Crippen LogP contribution in [0.15, 0.2) is 47.5 Å². The highest BCUT2D eigenvalue weighted by atomic mass is 16.5. The molecule has 0 amide bonds. The van der Waals surface area contributed by atoms with E-state index in [9.17, 15) is 0 Å². The number of anilines is 1. The lowest BCUT2D eigenvalue weighted by atomic mass is 9.74. The van der Waals surface area contributed by atoms with E-state index in [0.717, 1.165) is 43.9 Å². The van der Waals surface area contributed by atoms with E-state index >= 15 is 0 Å². The number of aryl methyl sites for hydroxylation is 2. The lowest BCUT2D eigenvalue weighted by Crippen LogP contribution is -2.38. The fourth-order valence-electron chi connectivity index (χ4n) is 4.32. The molecule has 1 heterocycles. The minimum Gasteiger partial charge on any atom is -0.497 e. The van der Waals surface area contributed by atoms with Gasteiger partial charge >= 0.3 is 0 Å². The SMILES string of the molecule is COc1ccc(C2(CN=C(N)Nc3ccc4c(c3)CCC4)CCOCC2)cc1. The van der Waals surface area contributed by atoms with Crippen LogP contribution in [-0.4, -0.2) is 32.8 Å². The van der Waals surface area contributed by atoms with E-state index < -0.39 is 0 Å². The molecular formula is C23H29N3O2. The Labute approximate surface area is 167 Å². The van der Waals surface area contributed by atoms with Crippen LogP contribution in [0.1, 0.15) is 36.0 Å². The summed E-state index contributed by atoms with van der Waals surface area (Å²) in [7, 11) is 1.69. The number of hydrogen-bond donors (Lipinski definition) is 2. The van der Waals surface area contributed by atoms with Crippen LogP contribution in [-0.2, 0) is 23.0 Å². The summed E-state index contributed by atoms with van der Waals surface area (Å²) in [5.41, 5.74) is 11.4. The van der Waals surface area contributed by atoms with Gasteiger partial charge in [-0.25, -0.2) is 0 Å². The molecule has 0 bridgehead atoms. The van der Waals surface area contributed by atoms with Crippen molar-refractivity contribution in [2.75, 3.05) is 32.2 Å². The molecule has 0 atom stereocenters. The van der Waals surface area contributed by atoms with Crippen molar-refractivity contribution in [1.29, 1.82) is 0 Å². The highest BCUT2D eigenvalue weighted by Gasteiger charge is 2.34. The Morgan fingerprint density at radius 1 is 1.11 bits per heavy atom. The number of nitrogens with two attached hydrogens (primary N) is 1. The number of hydrogen-bond acceptors (Lipinski definition) is 3. The zero-order valence-corrected chi connectivity index (χ0v) is 16.5. The lowest BCUT2D eigenvalue weighted by Gasteiger charge is -2.36. The van der Waals surface area contributed by atoms with Crippen LogP contribution in [0, 0.1) is 0 Å². The molecule has 1 aliphatic carbocycles. The summed E-state index contributed by atoms with van der Waals surface area (Å²) >= 11 is 0. The van der Waals surface area contributed by atoms with Gasteiger partial charge in [-0.05, 0) is 73.1 Å². The van der Waals surface area contributed by atoms with Gasteiger partial charge in [0, 0.05) is 24.3 Å². The second kappa shape index (κ2) is 8.23. The topological polar surface area (TPSA) is 68.9 Å². The zero-order chi connectivity index (χ0) is 19.4. The first-order valence-corrected chi connectivity index (χ1v) is 10.1. The standard InChI is InChI=1S/C23H29N3O2/c1-27-21-9-6-19(7-10-21)23(11-13-28-14-12-23)16-25-22(24)26-20-8-5-17-3-2-4-18(17)15-20/h5-10,15H,2-4,11-14,16H2,1H3,(H3,24,25,26). The van der Waals surface area contributed by atoms with Crippen molar-refractivity contribution in [2.24, 2.45) is 10.7 Å². The minimum absolute atomic E-state index is 0.0469. The molecule has 0 radical (unpaired) electrons. The Morgan fingerprint density at radius 3 is 2.61 bits per heavy atom. The van der Waals surface area contributed by atoms with Gasteiger partial charge in [0.15, 0.2) is 5.96 Å². The van der Waals surface area contributed by atoms with Gasteiger partial charge in [-0.2, -0.15) is 0 Å². The van der Waals surface area contributed by atoms with Crippen molar-refractivity contribution < 1.29 is 9.47 Å². The number of rotatable bonds is 5. The van der Waals surface area contributed by atoms with Crippen LogP contribution >= 0.6 is 0 Å². The van der Waals surface area contributed by atoms with Crippen LogP contribution in [0.5, 0.6) is 5.75 Å². The van der Waals surface area contributed by atoms with Crippen LogP contribution in [0.3, 0.4) is 0 Å². The quantitative estimate of drug-likeness (QED) is 0.614. The maximum Gasteiger partial charge on any atom is 0.193 e. The molecule has 1 fully saturated rings. The molecule has 1 aliphatic heterocycles. The molecule has 2 aliphatic rings. The molecular weight excluding hydrogens is 350 g/mol. The first-order valence-electron chi connectivity index (χ1n) is 10.1. The van der Waals surface area contributed by atoms with Crippen LogP contribution in [0.2, 0.25) is 0 Å². The minimum atomic E-state index is -0.0469. The van der Waals surface area contributed by atoms with Crippen LogP contribution in [0.25, 0.3) is 0 Å². The number of nitrogens with one attached hydrogen (secondary N) is 1. The third-order valence-electron chi connectivity index (χ3n) is 6.08. The predicted molar refractivity (Wildman–Crippen MR) is 113 cm³/mol. The van der Waals surface area contributed by atoms with E-state index in [1.807, 2.05) is 12.1 Å². The van der Waals surface area contributed by atoms with Crippen molar-refractivity contribution in [3.05, 3.63) is 59.2 Å². The summed E-state index contributed by atoms with van der Waals surface area (Å²) in [5.74, 6) is 1.34. The second-order valence-electron chi connectivity index (χ2n) is 7.78. The fourth-order valence-corrected chi connectivity index (χ4v) is 4.32. The molecule has 0 saturated carbocycles. The molecule has 148 valence electrons. The number of methoxy groups -OCH3 is 1. The van der Waals surface area contributed by atoms with E-state index in [2.05, 4.69) is 35.6 Å². The van der Waals surface area contributed by atoms with Crippen LogP contribution < -0.4 is 15.8 Å². The van der Waals surface area contributed by atoms with Crippen molar-refractivity contribution in [3.63, 3.8) is 0 Å². The molecule has 1 saturated heterocycles. The third-order valence-corrected chi connectivity index (χ3v) is 6.08. The molecule has 0 unspecified atom stereocenters. The molecule has 4 rings (SSSR count). The molecule has 5 nitrogen and oxygen atoms in total. The Hall–Kier alpha value is -2.53. The van der Waals surface area contributed by atoms with Gasteiger partial charge in [-0.15, -0.1) is 0 Å².